The number of aliphatic hydroxyl groups excluding tert-OH is 1. The number of rotatable bonds is 9. The molecule has 0 aliphatic heterocycles. The van der Waals surface area contributed by atoms with Crippen molar-refractivity contribution in [3.05, 3.63) is 71.3 Å². The normalized spacial score (nSPS) is 13.9. The lowest BCUT2D eigenvalue weighted by Gasteiger charge is -2.24. The fraction of sp³-hybridized carbons (Fsp3) is 0.400. The molecule has 0 aliphatic carbocycles. The number of aliphatic hydroxyl groups is 1. The molecule has 130 valence electrons. The van der Waals surface area contributed by atoms with E-state index in [1.807, 2.05) is 30.3 Å². The van der Waals surface area contributed by atoms with Crippen molar-refractivity contribution >= 4 is 0 Å². The summed E-state index contributed by atoms with van der Waals surface area (Å²) in [5.74, 6) is 0.391. The lowest BCUT2D eigenvalue weighted by molar-refractivity contribution is -0.368. The van der Waals surface area contributed by atoms with Crippen LogP contribution >= 0.6 is 0 Å². The van der Waals surface area contributed by atoms with Crippen LogP contribution < -0.4 is 0 Å². The van der Waals surface area contributed by atoms with Gasteiger partial charge in [0, 0.05) is 0 Å². The second-order valence-electron chi connectivity index (χ2n) is 6.05. The largest absolute Gasteiger partial charge is 0.394 e. The van der Waals surface area contributed by atoms with Crippen LogP contribution in [0.3, 0.4) is 0 Å². The molecule has 0 fully saturated rings. The minimum atomic E-state index is -0.578. The highest BCUT2D eigenvalue weighted by Gasteiger charge is 2.19. The van der Waals surface area contributed by atoms with Gasteiger partial charge in [0.25, 0.3) is 0 Å². The molecule has 4 nitrogen and oxygen atoms in total. The van der Waals surface area contributed by atoms with E-state index in [1.165, 1.54) is 11.1 Å². The maximum absolute atomic E-state index is 10.1. The Morgan fingerprint density at radius 3 is 2.38 bits per heavy atom. The molecule has 0 saturated heterocycles. The topological polar surface area (TPSA) is 52.9 Å². The SMILES string of the molecule is CC[C@@H](CCON(O)[C@@H](CO)c1ccccc1)c1cccc(C)c1. The van der Waals surface area contributed by atoms with E-state index in [0.717, 1.165) is 23.6 Å². The van der Waals surface area contributed by atoms with Crippen molar-refractivity contribution in [3.63, 3.8) is 0 Å². The summed E-state index contributed by atoms with van der Waals surface area (Å²) in [7, 11) is 0. The lowest BCUT2D eigenvalue weighted by Crippen LogP contribution is -2.29. The number of benzene rings is 2. The van der Waals surface area contributed by atoms with Crippen LogP contribution in [0.1, 0.15) is 48.4 Å². The molecule has 0 bridgehead atoms. The van der Waals surface area contributed by atoms with E-state index < -0.39 is 6.04 Å². The molecule has 0 spiro atoms. The summed E-state index contributed by atoms with van der Waals surface area (Å²) in [6, 6.07) is 17.3. The van der Waals surface area contributed by atoms with Crippen LogP contribution in [-0.2, 0) is 4.84 Å². The number of aryl methyl sites for hydroxylation is 1. The van der Waals surface area contributed by atoms with E-state index in [-0.39, 0.29) is 6.61 Å². The molecule has 2 rings (SSSR count). The molecule has 2 atom stereocenters. The molecule has 0 heterocycles. The molecule has 0 unspecified atom stereocenters. The number of nitrogens with zero attached hydrogens (tertiary/aromatic N) is 1. The summed E-state index contributed by atoms with van der Waals surface area (Å²) in [6.07, 6.45) is 1.82. The van der Waals surface area contributed by atoms with E-state index in [4.69, 9.17) is 4.84 Å². The van der Waals surface area contributed by atoms with E-state index in [2.05, 4.69) is 38.1 Å². The number of hydrogen-bond donors (Lipinski definition) is 2. The molecule has 2 aromatic rings. The van der Waals surface area contributed by atoms with Gasteiger partial charge in [-0.1, -0.05) is 72.3 Å². The highest BCUT2D eigenvalue weighted by atomic mass is 16.9. The third-order valence-corrected chi connectivity index (χ3v) is 4.32. The summed E-state index contributed by atoms with van der Waals surface area (Å²) in [5.41, 5.74) is 3.36. The van der Waals surface area contributed by atoms with E-state index >= 15 is 0 Å². The molecule has 2 N–H and O–H groups in total. The first-order valence-corrected chi connectivity index (χ1v) is 8.49. The standard InChI is InChI=1S/C20H27NO3/c1-3-17(19-11-7-8-16(2)14-19)12-13-24-21(23)20(15-22)18-9-5-4-6-10-18/h4-11,14,17,20,22-23H,3,12-13,15H2,1-2H3/t17-,20-/m0/s1. The first kappa shape index (κ1) is 18.6. The average Bonchev–Trinajstić information content (AvgIpc) is 2.60. The Balaban J connectivity index is 1.89. The summed E-state index contributed by atoms with van der Waals surface area (Å²) in [6.45, 7) is 4.43. The van der Waals surface area contributed by atoms with E-state index in [0.29, 0.717) is 12.5 Å². The first-order valence-electron chi connectivity index (χ1n) is 8.49. The Morgan fingerprint density at radius 1 is 1.04 bits per heavy atom. The van der Waals surface area contributed by atoms with Gasteiger partial charge in [-0.15, -0.1) is 0 Å². The maximum atomic E-state index is 10.1. The van der Waals surface area contributed by atoms with Crippen molar-refractivity contribution < 1.29 is 15.2 Å². The molecule has 0 saturated carbocycles. The Morgan fingerprint density at radius 2 is 1.75 bits per heavy atom. The molecular weight excluding hydrogens is 302 g/mol. The average molecular weight is 329 g/mol. The first-order chi connectivity index (χ1) is 11.7. The van der Waals surface area contributed by atoms with Gasteiger partial charge in [0.1, 0.15) is 6.04 Å². The Hall–Kier alpha value is -1.72. The zero-order valence-electron chi connectivity index (χ0n) is 14.4. The highest BCUT2D eigenvalue weighted by molar-refractivity contribution is 5.25. The third-order valence-electron chi connectivity index (χ3n) is 4.32. The van der Waals surface area contributed by atoms with Gasteiger partial charge < -0.3 is 5.11 Å². The minimum absolute atomic E-state index is 0.213. The zero-order valence-corrected chi connectivity index (χ0v) is 14.4. The molecule has 0 amide bonds. The maximum Gasteiger partial charge on any atom is 0.111 e. The van der Waals surface area contributed by atoms with Gasteiger partial charge in [-0.25, -0.2) is 0 Å². The number of hydrogen-bond acceptors (Lipinski definition) is 4. The fourth-order valence-corrected chi connectivity index (χ4v) is 2.89. The van der Waals surface area contributed by atoms with Gasteiger partial charge in [0.05, 0.1) is 13.2 Å². The Kier molecular flexibility index (Phi) is 7.40. The molecule has 24 heavy (non-hydrogen) atoms. The Labute approximate surface area is 144 Å². The fourth-order valence-electron chi connectivity index (χ4n) is 2.89. The minimum Gasteiger partial charge on any atom is -0.394 e. The molecule has 0 aliphatic rings. The van der Waals surface area contributed by atoms with Crippen LogP contribution in [0.15, 0.2) is 54.6 Å². The highest BCUT2D eigenvalue weighted by Crippen LogP contribution is 2.25. The van der Waals surface area contributed by atoms with Crippen molar-refractivity contribution in [1.82, 2.24) is 5.23 Å². The Bertz CT molecular complexity index is 603. The quantitative estimate of drug-likeness (QED) is 0.676. The predicted molar refractivity (Wildman–Crippen MR) is 94.7 cm³/mol. The monoisotopic (exact) mass is 329 g/mol. The number of hydroxylamine groups is 2. The predicted octanol–water partition coefficient (Wildman–Crippen LogP) is 4.24. The summed E-state index contributed by atoms with van der Waals surface area (Å²) in [4.78, 5) is 5.46. The van der Waals surface area contributed by atoms with Gasteiger partial charge in [-0.05, 0) is 36.8 Å². The summed E-state index contributed by atoms with van der Waals surface area (Å²) >= 11 is 0. The molecule has 2 aromatic carbocycles. The van der Waals surface area contributed by atoms with Crippen molar-refractivity contribution in [1.29, 1.82) is 0 Å². The van der Waals surface area contributed by atoms with Crippen molar-refractivity contribution in [2.45, 2.75) is 38.6 Å². The lowest BCUT2D eigenvalue weighted by atomic mass is 9.92. The third kappa shape index (κ3) is 5.14. The van der Waals surface area contributed by atoms with Crippen molar-refractivity contribution in [2.75, 3.05) is 13.2 Å². The van der Waals surface area contributed by atoms with Crippen LogP contribution in [0.5, 0.6) is 0 Å². The van der Waals surface area contributed by atoms with Crippen molar-refractivity contribution in [2.24, 2.45) is 0 Å². The molecule has 4 heteroatoms. The molecule has 0 aromatic heterocycles. The van der Waals surface area contributed by atoms with Crippen molar-refractivity contribution in [3.8, 4) is 0 Å². The summed E-state index contributed by atoms with van der Waals surface area (Å²) in [5, 5.41) is 20.4. The van der Waals surface area contributed by atoms with Gasteiger partial charge in [0.2, 0.25) is 0 Å². The smallest absolute Gasteiger partial charge is 0.111 e. The molecular formula is C20H27NO3. The zero-order chi connectivity index (χ0) is 17.4. The van der Waals surface area contributed by atoms with Crippen LogP contribution in [0.2, 0.25) is 0 Å². The molecule has 0 radical (unpaired) electrons. The van der Waals surface area contributed by atoms with Crippen LogP contribution in [-0.4, -0.2) is 28.8 Å². The second-order valence-corrected chi connectivity index (χ2v) is 6.05. The van der Waals surface area contributed by atoms with Crippen LogP contribution in [0, 0.1) is 6.92 Å². The van der Waals surface area contributed by atoms with Crippen LogP contribution in [0.25, 0.3) is 0 Å². The van der Waals surface area contributed by atoms with Gasteiger partial charge in [-0.2, -0.15) is 0 Å². The van der Waals surface area contributed by atoms with Gasteiger partial charge >= 0.3 is 0 Å². The van der Waals surface area contributed by atoms with E-state index in [1.54, 1.807) is 0 Å². The van der Waals surface area contributed by atoms with Crippen LogP contribution in [0.4, 0.5) is 0 Å². The van der Waals surface area contributed by atoms with Gasteiger partial charge in [-0.3, -0.25) is 10.0 Å². The van der Waals surface area contributed by atoms with Gasteiger partial charge in [0.15, 0.2) is 0 Å². The van der Waals surface area contributed by atoms with E-state index in [9.17, 15) is 10.3 Å². The second kappa shape index (κ2) is 9.55. The summed E-state index contributed by atoms with van der Waals surface area (Å²) < 4.78 is 0.